The first kappa shape index (κ1) is 16.0. The smallest absolute Gasteiger partial charge is 0.240 e. The lowest BCUT2D eigenvalue weighted by atomic mass is 9.99. The predicted molar refractivity (Wildman–Crippen MR) is 101 cm³/mol. The van der Waals surface area contributed by atoms with E-state index in [1.54, 1.807) is 0 Å². The molecule has 1 aliphatic heterocycles. The van der Waals surface area contributed by atoms with Crippen molar-refractivity contribution in [2.45, 2.75) is 31.7 Å². The Kier molecular flexibility index (Phi) is 4.35. The Bertz CT molecular complexity index is 755. The van der Waals surface area contributed by atoms with Gasteiger partial charge in [0.1, 0.15) is 0 Å². The molecule has 1 saturated carbocycles. The first-order valence-electron chi connectivity index (χ1n) is 9.19. The van der Waals surface area contributed by atoms with Crippen molar-refractivity contribution in [2.75, 3.05) is 23.7 Å². The summed E-state index contributed by atoms with van der Waals surface area (Å²) >= 11 is 0. The quantitative estimate of drug-likeness (QED) is 0.824. The number of nitrogens with two attached hydrogens (primary N) is 1. The van der Waals surface area contributed by atoms with Crippen LogP contribution in [0.5, 0.6) is 0 Å². The number of nitrogen functional groups attached to an aromatic ring is 1. The SMILES string of the molecule is Nc1cccc2c1CCCN2CC(=O)NC(c1ccccc1)C1CC1. The lowest BCUT2D eigenvalue weighted by Crippen LogP contribution is -2.41. The van der Waals surface area contributed by atoms with E-state index >= 15 is 0 Å². The molecule has 0 aromatic heterocycles. The first-order valence-corrected chi connectivity index (χ1v) is 9.19. The van der Waals surface area contributed by atoms with E-state index in [-0.39, 0.29) is 11.9 Å². The molecule has 1 amide bonds. The number of nitrogens with zero attached hydrogens (tertiary/aromatic N) is 1. The summed E-state index contributed by atoms with van der Waals surface area (Å²) in [7, 11) is 0. The number of rotatable bonds is 5. The van der Waals surface area contributed by atoms with Gasteiger partial charge in [0.05, 0.1) is 12.6 Å². The van der Waals surface area contributed by atoms with E-state index in [0.717, 1.165) is 30.8 Å². The third-order valence-corrected chi connectivity index (χ3v) is 5.29. The van der Waals surface area contributed by atoms with Crippen LogP contribution >= 0.6 is 0 Å². The molecule has 4 nitrogen and oxygen atoms in total. The average molecular weight is 335 g/mol. The molecule has 1 aliphatic carbocycles. The Labute approximate surface area is 149 Å². The fraction of sp³-hybridized carbons (Fsp3) is 0.381. The zero-order valence-corrected chi connectivity index (χ0v) is 14.4. The molecule has 1 atom stereocenters. The Morgan fingerprint density at radius 1 is 1.16 bits per heavy atom. The summed E-state index contributed by atoms with van der Waals surface area (Å²) < 4.78 is 0. The minimum absolute atomic E-state index is 0.0935. The zero-order valence-electron chi connectivity index (χ0n) is 14.4. The Morgan fingerprint density at radius 2 is 1.96 bits per heavy atom. The summed E-state index contributed by atoms with van der Waals surface area (Å²) in [6.45, 7) is 1.30. The van der Waals surface area contributed by atoms with Crippen molar-refractivity contribution >= 4 is 17.3 Å². The van der Waals surface area contributed by atoms with Crippen molar-refractivity contribution in [3.63, 3.8) is 0 Å². The van der Waals surface area contributed by atoms with Gasteiger partial charge >= 0.3 is 0 Å². The molecule has 0 bridgehead atoms. The molecule has 1 fully saturated rings. The molecule has 4 rings (SSSR count). The van der Waals surface area contributed by atoms with Gasteiger partial charge in [-0.05, 0) is 54.9 Å². The van der Waals surface area contributed by atoms with E-state index in [1.807, 2.05) is 30.3 Å². The molecule has 0 spiro atoms. The lowest BCUT2D eigenvalue weighted by Gasteiger charge is -2.32. The number of hydrogen-bond acceptors (Lipinski definition) is 3. The van der Waals surface area contributed by atoms with E-state index in [4.69, 9.17) is 5.73 Å². The topological polar surface area (TPSA) is 58.4 Å². The Balaban J connectivity index is 1.47. The van der Waals surface area contributed by atoms with Crippen LogP contribution in [0.25, 0.3) is 0 Å². The van der Waals surface area contributed by atoms with Crippen LogP contribution in [0.15, 0.2) is 48.5 Å². The van der Waals surface area contributed by atoms with Gasteiger partial charge in [-0.2, -0.15) is 0 Å². The van der Waals surface area contributed by atoms with E-state index in [1.165, 1.54) is 24.0 Å². The second kappa shape index (κ2) is 6.79. The highest BCUT2D eigenvalue weighted by Gasteiger charge is 2.33. The van der Waals surface area contributed by atoms with Gasteiger partial charge in [0, 0.05) is 17.9 Å². The number of carbonyl (C=O) groups is 1. The third-order valence-electron chi connectivity index (χ3n) is 5.29. The molecule has 1 unspecified atom stereocenters. The van der Waals surface area contributed by atoms with Crippen molar-refractivity contribution in [3.05, 3.63) is 59.7 Å². The average Bonchev–Trinajstić information content (AvgIpc) is 3.46. The molecule has 130 valence electrons. The van der Waals surface area contributed by atoms with Crippen LogP contribution in [0.3, 0.4) is 0 Å². The molecule has 25 heavy (non-hydrogen) atoms. The number of hydrogen-bond donors (Lipinski definition) is 2. The van der Waals surface area contributed by atoms with Crippen molar-refractivity contribution in [2.24, 2.45) is 5.92 Å². The molecule has 3 N–H and O–H groups in total. The number of amides is 1. The highest BCUT2D eigenvalue weighted by atomic mass is 16.2. The van der Waals surface area contributed by atoms with Crippen LogP contribution in [0.4, 0.5) is 11.4 Å². The maximum Gasteiger partial charge on any atom is 0.240 e. The summed E-state index contributed by atoms with van der Waals surface area (Å²) in [5, 5.41) is 3.28. The van der Waals surface area contributed by atoms with Crippen LogP contribution in [-0.2, 0) is 11.2 Å². The lowest BCUT2D eigenvalue weighted by molar-refractivity contribution is -0.120. The molecule has 0 radical (unpaired) electrons. The number of carbonyl (C=O) groups excluding carboxylic acids is 1. The maximum atomic E-state index is 12.7. The third kappa shape index (κ3) is 3.48. The fourth-order valence-electron chi connectivity index (χ4n) is 3.85. The van der Waals surface area contributed by atoms with E-state index in [2.05, 4.69) is 28.4 Å². The van der Waals surface area contributed by atoms with Crippen LogP contribution in [0.1, 0.15) is 36.4 Å². The van der Waals surface area contributed by atoms with Gasteiger partial charge in [-0.3, -0.25) is 4.79 Å². The molecule has 0 saturated heterocycles. The van der Waals surface area contributed by atoms with Crippen LogP contribution in [0, 0.1) is 5.92 Å². The van der Waals surface area contributed by atoms with Gasteiger partial charge in [-0.1, -0.05) is 36.4 Å². The number of benzene rings is 2. The summed E-state index contributed by atoms with van der Waals surface area (Å²) in [5.74, 6) is 0.673. The minimum atomic E-state index is 0.0935. The van der Waals surface area contributed by atoms with Crippen molar-refractivity contribution in [1.82, 2.24) is 5.32 Å². The monoisotopic (exact) mass is 335 g/mol. The van der Waals surface area contributed by atoms with E-state index < -0.39 is 0 Å². The second-order valence-corrected chi connectivity index (χ2v) is 7.16. The largest absolute Gasteiger partial charge is 0.398 e. The van der Waals surface area contributed by atoms with Crippen molar-refractivity contribution < 1.29 is 4.79 Å². The molecule has 2 aromatic carbocycles. The summed E-state index contributed by atoms with van der Waals surface area (Å²) in [6.07, 6.45) is 4.43. The minimum Gasteiger partial charge on any atom is -0.398 e. The molecule has 2 aromatic rings. The van der Waals surface area contributed by atoms with Gasteiger partial charge < -0.3 is 16.0 Å². The predicted octanol–water partition coefficient (Wildman–Crippen LogP) is 3.29. The highest BCUT2D eigenvalue weighted by Crippen LogP contribution is 2.41. The van der Waals surface area contributed by atoms with Gasteiger partial charge in [0.2, 0.25) is 5.91 Å². The molecular weight excluding hydrogens is 310 g/mol. The number of fused-ring (bicyclic) bond motifs is 1. The molecular formula is C21H25N3O. The Hall–Kier alpha value is -2.49. The zero-order chi connectivity index (χ0) is 17.2. The van der Waals surface area contributed by atoms with Gasteiger partial charge in [-0.25, -0.2) is 0 Å². The van der Waals surface area contributed by atoms with Crippen molar-refractivity contribution in [1.29, 1.82) is 0 Å². The van der Waals surface area contributed by atoms with E-state index in [9.17, 15) is 4.79 Å². The van der Waals surface area contributed by atoms with Crippen LogP contribution in [0.2, 0.25) is 0 Å². The van der Waals surface area contributed by atoms with Crippen LogP contribution < -0.4 is 16.0 Å². The number of anilines is 2. The molecule has 2 aliphatic rings. The first-order chi connectivity index (χ1) is 12.2. The maximum absolute atomic E-state index is 12.7. The normalized spacial score (nSPS) is 17.7. The number of nitrogens with one attached hydrogen (secondary N) is 1. The summed E-state index contributed by atoms with van der Waals surface area (Å²) in [4.78, 5) is 14.9. The molecule has 1 heterocycles. The summed E-state index contributed by atoms with van der Waals surface area (Å²) in [6, 6.07) is 16.5. The highest BCUT2D eigenvalue weighted by molar-refractivity contribution is 5.83. The van der Waals surface area contributed by atoms with E-state index in [0.29, 0.717) is 12.5 Å². The van der Waals surface area contributed by atoms with Gasteiger partial charge in [-0.15, -0.1) is 0 Å². The van der Waals surface area contributed by atoms with Crippen LogP contribution in [-0.4, -0.2) is 19.0 Å². The van der Waals surface area contributed by atoms with Crippen molar-refractivity contribution in [3.8, 4) is 0 Å². The standard InChI is InChI=1S/C21H25N3O/c22-18-9-4-10-19-17(18)8-5-13-24(19)14-20(25)23-21(16-11-12-16)15-6-2-1-3-7-15/h1-4,6-7,9-10,16,21H,5,8,11-14,22H2,(H,23,25). The summed E-state index contributed by atoms with van der Waals surface area (Å²) in [5.41, 5.74) is 10.5. The van der Waals surface area contributed by atoms with Gasteiger partial charge in [0.25, 0.3) is 0 Å². The molecule has 4 heteroatoms. The fourth-order valence-corrected chi connectivity index (χ4v) is 3.85. The Morgan fingerprint density at radius 3 is 2.72 bits per heavy atom. The second-order valence-electron chi connectivity index (χ2n) is 7.16. The van der Waals surface area contributed by atoms with Gasteiger partial charge in [0.15, 0.2) is 0 Å².